The molecule has 2 rings (SSSR count). The van der Waals surface area contributed by atoms with Crippen LogP contribution < -0.4 is 10.6 Å². The van der Waals surface area contributed by atoms with E-state index in [9.17, 15) is 9.90 Å². The van der Waals surface area contributed by atoms with Crippen molar-refractivity contribution in [2.24, 2.45) is 5.92 Å². The number of hydrogen-bond donors (Lipinski definition) is 2. The number of ether oxygens (including phenoxy) is 1. The SMILES string of the molecule is COC(=O)c1ccc(N)c(N2CCC(C(C)O)C2)n1. The molecular weight excluding hydrogens is 246 g/mol. The first kappa shape index (κ1) is 13.6. The van der Waals surface area contributed by atoms with Crippen LogP contribution in [0.5, 0.6) is 0 Å². The lowest BCUT2D eigenvalue weighted by atomic mass is 10.0. The Bertz CT molecular complexity index is 476. The molecule has 0 amide bonds. The molecule has 1 aromatic heterocycles. The molecule has 1 fully saturated rings. The van der Waals surface area contributed by atoms with Crippen molar-refractivity contribution in [2.45, 2.75) is 19.4 Å². The number of aliphatic hydroxyl groups excluding tert-OH is 1. The molecule has 2 unspecified atom stereocenters. The quantitative estimate of drug-likeness (QED) is 0.780. The van der Waals surface area contributed by atoms with Gasteiger partial charge in [0.2, 0.25) is 0 Å². The third-order valence-electron chi connectivity index (χ3n) is 3.51. The van der Waals surface area contributed by atoms with Gasteiger partial charge in [0.1, 0.15) is 0 Å². The topological polar surface area (TPSA) is 88.7 Å². The molecule has 0 spiro atoms. The van der Waals surface area contributed by atoms with E-state index in [1.807, 2.05) is 4.90 Å². The summed E-state index contributed by atoms with van der Waals surface area (Å²) < 4.78 is 4.65. The number of carbonyl (C=O) groups excluding carboxylic acids is 1. The lowest BCUT2D eigenvalue weighted by molar-refractivity contribution is 0.0594. The van der Waals surface area contributed by atoms with Gasteiger partial charge in [-0.1, -0.05) is 0 Å². The second-order valence-electron chi connectivity index (χ2n) is 4.84. The summed E-state index contributed by atoms with van der Waals surface area (Å²) in [5, 5.41) is 9.61. The fraction of sp³-hybridized carbons (Fsp3) is 0.538. The minimum Gasteiger partial charge on any atom is -0.464 e. The van der Waals surface area contributed by atoms with Crippen molar-refractivity contribution in [2.75, 3.05) is 30.8 Å². The van der Waals surface area contributed by atoms with Crippen molar-refractivity contribution in [3.05, 3.63) is 17.8 Å². The number of nitrogens with two attached hydrogens (primary N) is 1. The standard InChI is InChI=1S/C13H19N3O3/c1-8(17)9-5-6-16(7-9)12-10(14)3-4-11(15-12)13(18)19-2/h3-4,8-9,17H,5-7,14H2,1-2H3. The number of rotatable bonds is 3. The number of anilines is 2. The summed E-state index contributed by atoms with van der Waals surface area (Å²) in [5.74, 6) is 0.321. The number of methoxy groups -OCH3 is 1. The maximum absolute atomic E-state index is 11.5. The predicted octanol–water partition coefficient (Wildman–Crippen LogP) is 0.657. The van der Waals surface area contributed by atoms with Gasteiger partial charge in [-0.2, -0.15) is 0 Å². The summed E-state index contributed by atoms with van der Waals surface area (Å²) in [6.45, 7) is 3.26. The molecule has 0 aromatic carbocycles. The van der Waals surface area contributed by atoms with E-state index in [0.29, 0.717) is 18.1 Å². The number of nitrogens with zero attached hydrogens (tertiary/aromatic N) is 2. The van der Waals surface area contributed by atoms with Crippen LogP contribution in [0.15, 0.2) is 12.1 Å². The van der Waals surface area contributed by atoms with Gasteiger partial charge in [0.25, 0.3) is 0 Å². The highest BCUT2D eigenvalue weighted by atomic mass is 16.5. The van der Waals surface area contributed by atoms with Crippen LogP contribution in [-0.2, 0) is 4.74 Å². The third kappa shape index (κ3) is 2.78. The maximum atomic E-state index is 11.5. The summed E-state index contributed by atoms with van der Waals surface area (Å²) in [6.07, 6.45) is 0.538. The number of pyridine rings is 1. The predicted molar refractivity (Wildman–Crippen MR) is 72.0 cm³/mol. The summed E-state index contributed by atoms with van der Waals surface area (Å²) >= 11 is 0. The monoisotopic (exact) mass is 265 g/mol. The highest BCUT2D eigenvalue weighted by molar-refractivity contribution is 5.88. The van der Waals surface area contributed by atoms with E-state index in [1.54, 1.807) is 19.1 Å². The first-order chi connectivity index (χ1) is 9.02. The molecule has 1 aliphatic heterocycles. The first-order valence-corrected chi connectivity index (χ1v) is 6.30. The Morgan fingerprint density at radius 3 is 2.95 bits per heavy atom. The molecule has 6 heteroatoms. The van der Waals surface area contributed by atoms with E-state index >= 15 is 0 Å². The minimum atomic E-state index is -0.479. The molecular formula is C13H19N3O3. The van der Waals surface area contributed by atoms with Gasteiger partial charge in [-0.3, -0.25) is 0 Å². The Hall–Kier alpha value is -1.82. The number of aliphatic hydroxyl groups is 1. The van der Waals surface area contributed by atoms with Crippen LogP contribution >= 0.6 is 0 Å². The van der Waals surface area contributed by atoms with Crippen molar-refractivity contribution >= 4 is 17.5 Å². The first-order valence-electron chi connectivity index (χ1n) is 6.30. The van der Waals surface area contributed by atoms with Crippen LogP contribution in [0.3, 0.4) is 0 Å². The molecule has 6 nitrogen and oxygen atoms in total. The smallest absolute Gasteiger partial charge is 0.356 e. The molecule has 0 radical (unpaired) electrons. The zero-order valence-electron chi connectivity index (χ0n) is 11.2. The maximum Gasteiger partial charge on any atom is 0.356 e. The van der Waals surface area contributed by atoms with Crippen LogP contribution in [0.2, 0.25) is 0 Å². The van der Waals surface area contributed by atoms with Gasteiger partial charge in [-0.15, -0.1) is 0 Å². The Labute approximate surface area is 112 Å². The van der Waals surface area contributed by atoms with E-state index in [-0.39, 0.29) is 17.7 Å². The van der Waals surface area contributed by atoms with Gasteiger partial charge >= 0.3 is 5.97 Å². The fourth-order valence-corrected chi connectivity index (χ4v) is 2.30. The number of carbonyl (C=O) groups is 1. The molecule has 1 aliphatic rings. The van der Waals surface area contributed by atoms with E-state index in [0.717, 1.165) is 13.0 Å². The molecule has 104 valence electrons. The molecule has 0 bridgehead atoms. The largest absolute Gasteiger partial charge is 0.464 e. The summed E-state index contributed by atoms with van der Waals surface area (Å²) in [5.41, 5.74) is 6.68. The average molecular weight is 265 g/mol. The molecule has 19 heavy (non-hydrogen) atoms. The zero-order chi connectivity index (χ0) is 14.0. The van der Waals surface area contributed by atoms with E-state index in [1.165, 1.54) is 7.11 Å². The highest BCUT2D eigenvalue weighted by Gasteiger charge is 2.28. The van der Waals surface area contributed by atoms with Crippen LogP contribution in [-0.4, -0.2) is 42.4 Å². The molecule has 1 aromatic rings. The molecule has 2 heterocycles. The Morgan fingerprint density at radius 1 is 1.63 bits per heavy atom. The van der Waals surface area contributed by atoms with Crippen LogP contribution in [0, 0.1) is 5.92 Å². The number of aromatic nitrogens is 1. The highest BCUT2D eigenvalue weighted by Crippen LogP contribution is 2.28. The van der Waals surface area contributed by atoms with Crippen molar-refractivity contribution in [1.82, 2.24) is 4.98 Å². The third-order valence-corrected chi connectivity index (χ3v) is 3.51. The van der Waals surface area contributed by atoms with Crippen molar-refractivity contribution < 1.29 is 14.6 Å². The second kappa shape index (κ2) is 5.44. The Morgan fingerprint density at radius 2 is 2.37 bits per heavy atom. The lowest BCUT2D eigenvalue weighted by Gasteiger charge is -2.20. The average Bonchev–Trinajstić information content (AvgIpc) is 2.88. The van der Waals surface area contributed by atoms with Crippen molar-refractivity contribution in [3.8, 4) is 0 Å². The van der Waals surface area contributed by atoms with Crippen LogP contribution in [0.25, 0.3) is 0 Å². The fourth-order valence-electron chi connectivity index (χ4n) is 2.30. The minimum absolute atomic E-state index is 0.211. The summed E-state index contributed by atoms with van der Waals surface area (Å²) in [4.78, 5) is 17.7. The van der Waals surface area contributed by atoms with E-state index < -0.39 is 5.97 Å². The van der Waals surface area contributed by atoms with Crippen LogP contribution in [0.4, 0.5) is 11.5 Å². The van der Waals surface area contributed by atoms with Gasteiger partial charge in [0.05, 0.1) is 18.9 Å². The number of nitrogen functional groups attached to an aromatic ring is 1. The normalized spacial score (nSPS) is 20.4. The van der Waals surface area contributed by atoms with E-state index in [2.05, 4.69) is 9.72 Å². The van der Waals surface area contributed by atoms with Crippen molar-refractivity contribution in [1.29, 1.82) is 0 Å². The van der Waals surface area contributed by atoms with E-state index in [4.69, 9.17) is 5.73 Å². The Balaban J connectivity index is 2.22. The molecule has 0 saturated carbocycles. The van der Waals surface area contributed by atoms with Gasteiger partial charge in [-0.25, -0.2) is 9.78 Å². The molecule has 0 aliphatic carbocycles. The van der Waals surface area contributed by atoms with Crippen molar-refractivity contribution in [3.63, 3.8) is 0 Å². The van der Waals surface area contributed by atoms with Gasteiger partial charge in [-0.05, 0) is 25.5 Å². The zero-order valence-corrected chi connectivity index (χ0v) is 11.2. The molecule has 3 N–H and O–H groups in total. The molecule has 1 saturated heterocycles. The summed E-state index contributed by atoms with van der Waals surface area (Å²) in [7, 11) is 1.32. The second-order valence-corrected chi connectivity index (χ2v) is 4.84. The lowest BCUT2D eigenvalue weighted by Crippen LogP contribution is -2.26. The number of esters is 1. The number of hydrogen-bond acceptors (Lipinski definition) is 6. The summed E-state index contributed by atoms with van der Waals surface area (Å²) in [6, 6.07) is 3.21. The molecule has 2 atom stereocenters. The Kier molecular flexibility index (Phi) is 3.90. The van der Waals surface area contributed by atoms with Gasteiger partial charge in [0, 0.05) is 19.0 Å². The van der Waals surface area contributed by atoms with Gasteiger partial charge in [0.15, 0.2) is 11.5 Å². The van der Waals surface area contributed by atoms with Crippen LogP contribution in [0.1, 0.15) is 23.8 Å². The van der Waals surface area contributed by atoms with Gasteiger partial charge < -0.3 is 20.5 Å².